The van der Waals surface area contributed by atoms with Crippen molar-refractivity contribution in [2.45, 2.75) is 26.7 Å². The smallest absolute Gasteiger partial charge is 0.257 e. The lowest BCUT2D eigenvalue weighted by Gasteiger charge is -2.04. The summed E-state index contributed by atoms with van der Waals surface area (Å²) in [6, 6.07) is 5.63. The van der Waals surface area contributed by atoms with E-state index in [4.69, 9.17) is 0 Å². The van der Waals surface area contributed by atoms with Crippen LogP contribution in [0.25, 0.3) is 0 Å². The Morgan fingerprint density at radius 3 is 2.68 bits per heavy atom. The second-order valence-electron chi connectivity index (χ2n) is 4.70. The first-order chi connectivity index (χ1) is 8.95. The molecule has 0 aliphatic heterocycles. The number of hydrogen-bond acceptors (Lipinski definition) is 3. The molecule has 1 N–H and O–H groups in total. The fourth-order valence-electron chi connectivity index (χ4n) is 1.65. The molecule has 19 heavy (non-hydrogen) atoms. The topological polar surface area (TPSA) is 42.0 Å². The summed E-state index contributed by atoms with van der Waals surface area (Å²) in [7, 11) is 0. The summed E-state index contributed by atoms with van der Waals surface area (Å²) in [5.74, 6) is 0.240. The maximum Gasteiger partial charge on any atom is 0.257 e. The summed E-state index contributed by atoms with van der Waals surface area (Å²) in [5, 5.41) is 5.46. The van der Waals surface area contributed by atoms with Crippen molar-refractivity contribution >= 4 is 38.3 Å². The van der Waals surface area contributed by atoms with E-state index in [0.717, 1.165) is 15.7 Å². The zero-order valence-electron chi connectivity index (χ0n) is 11.0. The van der Waals surface area contributed by atoms with Gasteiger partial charge in [0, 0.05) is 15.4 Å². The summed E-state index contributed by atoms with van der Waals surface area (Å²) < 4.78 is 0.902. The Morgan fingerprint density at radius 1 is 1.37 bits per heavy atom. The monoisotopic (exact) mass is 338 g/mol. The number of thiazole rings is 1. The molecular weight excluding hydrogens is 324 g/mol. The van der Waals surface area contributed by atoms with Crippen LogP contribution in [0.1, 0.15) is 41.4 Å². The van der Waals surface area contributed by atoms with Gasteiger partial charge in [0.1, 0.15) is 0 Å². The van der Waals surface area contributed by atoms with Crippen LogP contribution < -0.4 is 5.32 Å². The predicted molar refractivity (Wildman–Crippen MR) is 83.0 cm³/mol. The first-order valence-corrected chi connectivity index (χ1v) is 7.67. The Labute approximate surface area is 125 Å². The third-order valence-electron chi connectivity index (χ3n) is 2.64. The molecule has 0 saturated carbocycles. The standard InChI is InChI=1S/C14H15BrN2OS/c1-8(2)12-7-19-14(16-12)17-13(18)10-4-9(3)5-11(15)6-10/h4-8H,1-3H3,(H,16,17,18). The van der Waals surface area contributed by atoms with Crippen LogP contribution in [0.5, 0.6) is 0 Å². The van der Waals surface area contributed by atoms with E-state index in [9.17, 15) is 4.79 Å². The highest BCUT2D eigenvalue weighted by Crippen LogP contribution is 2.22. The van der Waals surface area contributed by atoms with Crippen molar-refractivity contribution < 1.29 is 4.79 Å². The number of carbonyl (C=O) groups excluding carboxylic acids is 1. The van der Waals surface area contributed by atoms with Gasteiger partial charge in [-0.1, -0.05) is 29.8 Å². The summed E-state index contributed by atoms with van der Waals surface area (Å²) in [6.07, 6.45) is 0. The molecule has 0 atom stereocenters. The van der Waals surface area contributed by atoms with Gasteiger partial charge in [0.15, 0.2) is 5.13 Å². The molecule has 0 radical (unpaired) electrons. The highest BCUT2D eigenvalue weighted by atomic mass is 79.9. The van der Waals surface area contributed by atoms with Crippen LogP contribution >= 0.6 is 27.3 Å². The number of carbonyl (C=O) groups is 1. The van der Waals surface area contributed by atoms with Gasteiger partial charge in [0.2, 0.25) is 0 Å². The average Bonchev–Trinajstić information content (AvgIpc) is 2.76. The van der Waals surface area contributed by atoms with E-state index in [1.165, 1.54) is 11.3 Å². The minimum atomic E-state index is -0.131. The molecule has 3 nitrogen and oxygen atoms in total. The van der Waals surface area contributed by atoms with Crippen LogP contribution in [0.4, 0.5) is 5.13 Å². The molecule has 0 spiro atoms. The van der Waals surface area contributed by atoms with Crippen molar-refractivity contribution in [3.05, 3.63) is 44.9 Å². The van der Waals surface area contributed by atoms with Gasteiger partial charge < -0.3 is 0 Å². The van der Waals surface area contributed by atoms with Gasteiger partial charge in [-0.3, -0.25) is 10.1 Å². The van der Waals surface area contributed by atoms with Gasteiger partial charge in [-0.15, -0.1) is 11.3 Å². The molecule has 0 fully saturated rings. The highest BCUT2D eigenvalue weighted by Gasteiger charge is 2.11. The van der Waals surface area contributed by atoms with Gasteiger partial charge in [0.25, 0.3) is 5.91 Å². The fraction of sp³-hybridized carbons (Fsp3) is 0.286. The van der Waals surface area contributed by atoms with Crippen LogP contribution in [0.15, 0.2) is 28.1 Å². The first kappa shape index (κ1) is 14.2. The SMILES string of the molecule is Cc1cc(Br)cc(C(=O)Nc2nc(C(C)C)cs2)c1. The quantitative estimate of drug-likeness (QED) is 0.889. The third-order valence-corrected chi connectivity index (χ3v) is 3.87. The van der Waals surface area contributed by atoms with Gasteiger partial charge in [-0.05, 0) is 36.6 Å². The molecule has 0 aliphatic carbocycles. The van der Waals surface area contributed by atoms with Gasteiger partial charge >= 0.3 is 0 Å². The minimum Gasteiger partial charge on any atom is -0.298 e. The van der Waals surface area contributed by atoms with Gasteiger partial charge in [0.05, 0.1) is 5.69 Å². The molecule has 2 rings (SSSR count). The normalized spacial score (nSPS) is 10.8. The number of anilines is 1. The van der Waals surface area contributed by atoms with E-state index >= 15 is 0 Å². The van der Waals surface area contributed by atoms with Crippen LogP contribution in [-0.4, -0.2) is 10.9 Å². The van der Waals surface area contributed by atoms with Crippen molar-refractivity contribution in [1.82, 2.24) is 4.98 Å². The third kappa shape index (κ3) is 3.64. The van der Waals surface area contributed by atoms with E-state index in [-0.39, 0.29) is 5.91 Å². The van der Waals surface area contributed by atoms with E-state index in [2.05, 4.69) is 40.1 Å². The molecule has 100 valence electrons. The molecular formula is C14H15BrN2OS. The molecule has 2 aromatic rings. The molecule has 0 unspecified atom stereocenters. The van der Waals surface area contributed by atoms with Crippen molar-refractivity contribution in [1.29, 1.82) is 0 Å². The average molecular weight is 339 g/mol. The first-order valence-electron chi connectivity index (χ1n) is 5.99. The number of aromatic nitrogens is 1. The zero-order chi connectivity index (χ0) is 14.0. The van der Waals surface area contributed by atoms with Crippen molar-refractivity contribution in [3.8, 4) is 0 Å². The molecule has 1 aromatic heterocycles. The van der Waals surface area contributed by atoms with Gasteiger partial charge in [-0.25, -0.2) is 4.98 Å². The molecule has 0 saturated heterocycles. The zero-order valence-corrected chi connectivity index (χ0v) is 13.4. The number of nitrogens with zero attached hydrogens (tertiary/aromatic N) is 1. The van der Waals surface area contributed by atoms with Gasteiger partial charge in [-0.2, -0.15) is 0 Å². The minimum absolute atomic E-state index is 0.131. The highest BCUT2D eigenvalue weighted by molar-refractivity contribution is 9.10. The molecule has 1 amide bonds. The fourth-order valence-corrected chi connectivity index (χ4v) is 3.12. The number of benzene rings is 1. The molecule has 1 heterocycles. The summed E-state index contributed by atoms with van der Waals surface area (Å²) >= 11 is 4.85. The summed E-state index contributed by atoms with van der Waals surface area (Å²) in [5.41, 5.74) is 2.68. The predicted octanol–water partition coefficient (Wildman–Crippen LogP) is 4.59. The van der Waals surface area contributed by atoms with E-state index in [1.54, 1.807) is 6.07 Å². The van der Waals surface area contributed by atoms with Crippen molar-refractivity contribution in [3.63, 3.8) is 0 Å². The van der Waals surface area contributed by atoms with Crippen LogP contribution in [0, 0.1) is 6.92 Å². The summed E-state index contributed by atoms with van der Waals surface area (Å²) in [6.45, 7) is 6.12. The maximum atomic E-state index is 12.1. The lowest BCUT2D eigenvalue weighted by atomic mass is 10.1. The molecule has 0 aliphatic rings. The van der Waals surface area contributed by atoms with Crippen molar-refractivity contribution in [2.24, 2.45) is 0 Å². The lowest BCUT2D eigenvalue weighted by Crippen LogP contribution is -2.12. The Kier molecular flexibility index (Phi) is 4.37. The number of hydrogen-bond donors (Lipinski definition) is 1. The molecule has 1 aromatic carbocycles. The van der Waals surface area contributed by atoms with Crippen LogP contribution in [0.2, 0.25) is 0 Å². The molecule has 0 bridgehead atoms. The summed E-state index contributed by atoms with van der Waals surface area (Å²) in [4.78, 5) is 16.5. The van der Waals surface area contributed by atoms with Crippen molar-refractivity contribution in [2.75, 3.05) is 5.32 Å². The number of halogens is 1. The second-order valence-corrected chi connectivity index (χ2v) is 6.48. The Bertz CT molecular complexity index is 587. The number of nitrogens with one attached hydrogen (secondary N) is 1. The number of aryl methyl sites for hydroxylation is 1. The van der Waals surface area contributed by atoms with E-state index < -0.39 is 0 Å². The van der Waals surface area contributed by atoms with E-state index in [0.29, 0.717) is 16.6 Å². The Balaban J connectivity index is 2.15. The molecule has 5 heteroatoms. The number of rotatable bonds is 3. The number of amides is 1. The maximum absolute atomic E-state index is 12.1. The van der Waals surface area contributed by atoms with E-state index in [1.807, 2.05) is 24.4 Å². The lowest BCUT2D eigenvalue weighted by molar-refractivity contribution is 0.102. The Hall–Kier alpha value is -1.20. The largest absolute Gasteiger partial charge is 0.298 e. The Morgan fingerprint density at radius 2 is 2.11 bits per heavy atom. The van der Waals surface area contributed by atoms with Crippen LogP contribution in [0.3, 0.4) is 0 Å². The van der Waals surface area contributed by atoms with Crippen LogP contribution in [-0.2, 0) is 0 Å². The second kappa shape index (κ2) is 5.84.